The van der Waals surface area contributed by atoms with E-state index in [1.54, 1.807) is 18.2 Å². The number of rotatable bonds is 8. The van der Waals surface area contributed by atoms with E-state index in [1.807, 2.05) is 13.8 Å². The number of ether oxygens (including phenoxy) is 2. The highest BCUT2D eigenvalue weighted by Gasteiger charge is 2.24. The van der Waals surface area contributed by atoms with Crippen molar-refractivity contribution in [1.29, 1.82) is 0 Å². The lowest BCUT2D eigenvalue weighted by atomic mass is 10.2. The number of hydrogen-bond donors (Lipinski definition) is 1. The molecule has 0 aliphatic heterocycles. The van der Waals surface area contributed by atoms with Crippen molar-refractivity contribution >= 4 is 21.6 Å². The van der Waals surface area contributed by atoms with Crippen molar-refractivity contribution < 1.29 is 22.7 Å². The Hall–Kier alpha value is -1.96. The molecule has 0 radical (unpaired) electrons. The second-order valence-corrected chi connectivity index (χ2v) is 7.41. The Kier molecular flexibility index (Phi) is 6.68. The van der Waals surface area contributed by atoms with Crippen LogP contribution in [0, 0.1) is 5.92 Å². The molecule has 1 aromatic rings. The molecule has 8 heteroatoms. The summed E-state index contributed by atoms with van der Waals surface area (Å²) in [5.41, 5.74) is 0.287. The van der Waals surface area contributed by atoms with Crippen LogP contribution in [-0.4, -0.2) is 47.9 Å². The summed E-state index contributed by atoms with van der Waals surface area (Å²) >= 11 is 0. The van der Waals surface area contributed by atoms with Crippen LogP contribution in [0.25, 0.3) is 0 Å². The smallest absolute Gasteiger partial charge is 0.240 e. The Balaban J connectivity index is 3.11. The van der Waals surface area contributed by atoms with Crippen molar-refractivity contribution in [2.24, 2.45) is 5.92 Å². The molecule has 0 saturated heterocycles. The van der Waals surface area contributed by atoms with Gasteiger partial charge in [-0.3, -0.25) is 9.10 Å². The topological polar surface area (TPSA) is 84.9 Å². The van der Waals surface area contributed by atoms with Crippen molar-refractivity contribution in [3.05, 3.63) is 18.2 Å². The number of anilines is 1. The van der Waals surface area contributed by atoms with E-state index >= 15 is 0 Å². The third-order valence-corrected chi connectivity index (χ3v) is 4.18. The van der Waals surface area contributed by atoms with E-state index in [1.165, 1.54) is 14.2 Å². The first kappa shape index (κ1) is 19.1. The van der Waals surface area contributed by atoms with E-state index in [0.717, 1.165) is 10.6 Å². The second kappa shape index (κ2) is 8.05. The Labute approximate surface area is 137 Å². The fourth-order valence-electron chi connectivity index (χ4n) is 1.88. The van der Waals surface area contributed by atoms with Crippen LogP contribution in [0.15, 0.2) is 18.2 Å². The SMILES string of the molecule is COc1ccc(N(CC(=O)NCC(C)C)S(C)(=O)=O)c(OC)c1. The van der Waals surface area contributed by atoms with Crippen LogP contribution in [0.1, 0.15) is 13.8 Å². The predicted octanol–water partition coefficient (Wildman–Crippen LogP) is 1.24. The van der Waals surface area contributed by atoms with Gasteiger partial charge in [0.2, 0.25) is 15.9 Å². The van der Waals surface area contributed by atoms with Crippen LogP contribution >= 0.6 is 0 Å². The summed E-state index contributed by atoms with van der Waals surface area (Å²) < 4.78 is 35.5. The summed E-state index contributed by atoms with van der Waals surface area (Å²) in [6.07, 6.45) is 1.05. The lowest BCUT2D eigenvalue weighted by Crippen LogP contribution is -2.41. The van der Waals surface area contributed by atoms with Crippen molar-refractivity contribution in [2.45, 2.75) is 13.8 Å². The quantitative estimate of drug-likeness (QED) is 0.767. The second-order valence-electron chi connectivity index (χ2n) is 5.51. The van der Waals surface area contributed by atoms with Crippen LogP contribution < -0.4 is 19.1 Å². The summed E-state index contributed by atoms with van der Waals surface area (Å²) in [6, 6.07) is 4.73. The first-order chi connectivity index (χ1) is 10.7. The van der Waals surface area contributed by atoms with Gasteiger partial charge in [0.1, 0.15) is 18.0 Å². The number of methoxy groups -OCH3 is 2. The van der Waals surface area contributed by atoms with Gasteiger partial charge in [0.25, 0.3) is 0 Å². The summed E-state index contributed by atoms with van der Waals surface area (Å²) in [5.74, 6) is 0.748. The molecule has 1 amide bonds. The van der Waals surface area contributed by atoms with Gasteiger partial charge in [0.15, 0.2) is 0 Å². The van der Waals surface area contributed by atoms with Crippen LogP contribution in [0.4, 0.5) is 5.69 Å². The molecule has 7 nitrogen and oxygen atoms in total. The van der Waals surface area contributed by atoms with Crippen molar-refractivity contribution in [1.82, 2.24) is 5.32 Å². The number of benzene rings is 1. The molecule has 23 heavy (non-hydrogen) atoms. The van der Waals surface area contributed by atoms with Gasteiger partial charge < -0.3 is 14.8 Å². The number of amides is 1. The van der Waals surface area contributed by atoms with Gasteiger partial charge >= 0.3 is 0 Å². The average Bonchev–Trinajstić information content (AvgIpc) is 2.48. The zero-order chi connectivity index (χ0) is 17.6. The molecule has 0 aliphatic rings. The normalized spacial score (nSPS) is 11.2. The maximum atomic E-state index is 12.1. The van der Waals surface area contributed by atoms with Crippen LogP contribution in [0.3, 0.4) is 0 Å². The van der Waals surface area contributed by atoms with Crippen LogP contribution in [-0.2, 0) is 14.8 Å². The number of hydrogen-bond acceptors (Lipinski definition) is 5. The van der Waals surface area contributed by atoms with Crippen molar-refractivity contribution in [2.75, 3.05) is 37.9 Å². The zero-order valence-corrected chi connectivity index (χ0v) is 14.9. The fraction of sp³-hybridized carbons (Fsp3) is 0.533. The standard InChI is InChI=1S/C15H24N2O5S/c1-11(2)9-16-15(18)10-17(23(5,19)20)13-7-6-12(21-3)8-14(13)22-4/h6-8,11H,9-10H2,1-5H3,(H,16,18). The number of nitrogens with one attached hydrogen (secondary N) is 1. The molecule has 0 saturated carbocycles. The lowest BCUT2D eigenvalue weighted by Gasteiger charge is -2.24. The molecule has 1 rings (SSSR count). The largest absolute Gasteiger partial charge is 0.497 e. The van der Waals surface area contributed by atoms with Gasteiger partial charge in [0.05, 0.1) is 26.2 Å². The maximum Gasteiger partial charge on any atom is 0.240 e. The average molecular weight is 344 g/mol. The molecule has 0 aliphatic carbocycles. The van der Waals surface area contributed by atoms with Gasteiger partial charge in [-0.15, -0.1) is 0 Å². The molecule has 0 aromatic heterocycles. The van der Waals surface area contributed by atoms with Gasteiger partial charge in [-0.1, -0.05) is 13.8 Å². The predicted molar refractivity (Wildman–Crippen MR) is 89.6 cm³/mol. The van der Waals surface area contributed by atoms with E-state index in [4.69, 9.17) is 9.47 Å². The number of carbonyl (C=O) groups excluding carboxylic acids is 1. The highest BCUT2D eigenvalue weighted by molar-refractivity contribution is 7.92. The van der Waals surface area contributed by atoms with Crippen LogP contribution in [0.5, 0.6) is 11.5 Å². The Morgan fingerprint density at radius 3 is 2.39 bits per heavy atom. The fourth-order valence-corrected chi connectivity index (χ4v) is 2.74. The van der Waals surface area contributed by atoms with E-state index in [0.29, 0.717) is 18.0 Å². The molecule has 130 valence electrons. The number of nitrogens with zero attached hydrogens (tertiary/aromatic N) is 1. The minimum absolute atomic E-state index is 0.279. The van der Waals surface area contributed by atoms with E-state index in [2.05, 4.69) is 5.32 Å². The molecule has 0 heterocycles. The molecule has 0 unspecified atom stereocenters. The Bertz CT molecular complexity index is 643. The summed E-state index contributed by atoms with van der Waals surface area (Å²) in [4.78, 5) is 12.0. The Morgan fingerprint density at radius 1 is 1.26 bits per heavy atom. The van der Waals surface area contributed by atoms with E-state index in [-0.39, 0.29) is 24.1 Å². The summed E-state index contributed by atoms with van der Waals surface area (Å²) in [6.45, 7) is 4.09. The lowest BCUT2D eigenvalue weighted by molar-refractivity contribution is -0.119. The third kappa shape index (κ3) is 5.63. The molecular formula is C15H24N2O5S. The molecule has 0 atom stereocenters. The number of carbonyl (C=O) groups is 1. The third-order valence-electron chi connectivity index (χ3n) is 3.05. The summed E-state index contributed by atoms with van der Waals surface area (Å²) in [5, 5.41) is 2.70. The molecule has 1 aromatic carbocycles. The molecule has 1 N–H and O–H groups in total. The van der Waals surface area contributed by atoms with Crippen molar-refractivity contribution in [3.63, 3.8) is 0 Å². The Morgan fingerprint density at radius 2 is 1.91 bits per heavy atom. The highest BCUT2D eigenvalue weighted by Crippen LogP contribution is 2.33. The van der Waals surface area contributed by atoms with Crippen molar-refractivity contribution in [3.8, 4) is 11.5 Å². The summed E-state index contributed by atoms with van der Waals surface area (Å²) in [7, 11) is -0.722. The first-order valence-electron chi connectivity index (χ1n) is 7.15. The molecular weight excluding hydrogens is 320 g/mol. The van der Waals surface area contributed by atoms with E-state index in [9.17, 15) is 13.2 Å². The first-order valence-corrected chi connectivity index (χ1v) is 9.00. The van der Waals surface area contributed by atoms with Gasteiger partial charge in [-0.2, -0.15) is 0 Å². The maximum absolute atomic E-state index is 12.1. The highest BCUT2D eigenvalue weighted by atomic mass is 32.2. The minimum Gasteiger partial charge on any atom is -0.497 e. The zero-order valence-electron chi connectivity index (χ0n) is 14.1. The van der Waals surface area contributed by atoms with Gasteiger partial charge in [-0.05, 0) is 18.1 Å². The number of sulfonamides is 1. The minimum atomic E-state index is -3.65. The van der Waals surface area contributed by atoms with Gasteiger partial charge in [-0.25, -0.2) is 8.42 Å². The van der Waals surface area contributed by atoms with E-state index < -0.39 is 10.0 Å². The molecule has 0 spiro atoms. The molecule has 0 fully saturated rings. The monoisotopic (exact) mass is 344 g/mol. The van der Waals surface area contributed by atoms with Gasteiger partial charge in [0, 0.05) is 12.6 Å². The molecule has 0 bridgehead atoms. The van der Waals surface area contributed by atoms with Crippen LogP contribution in [0.2, 0.25) is 0 Å².